The van der Waals surface area contributed by atoms with Crippen molar-refractivity contribution in [1.29, 1.82) is 0 Å². The van der Waals surface area contributed by atoms with Crippen LogP contribution >= 0.6 is 0 Å². The molecule has 1 rings (SSSR count). The molecule has 0 aromatic carbocycles. The molecule has 1 heterocycles. The van der Waals surface area contributed by atoms with Crippen molar-refractivity contribution in [3.63, 3.8) is 0 Å². The summed E-state index contributed by atoms with van der Waals surface area (Å²) in [5.74, 6) is 0.322. The lowest BCUT2D eigenvalue weighted by molar-refractivity contribution is -0.118. The van der Waals surface area contributed by atoms with E-state index >= 15 is 0 Å². The average molecular weight is 469 g/mol. The molecule has 2 N–H and O–H groups in total. The molecule has 0 bridgehead atoms. The molecule has 6 nitrogen and oxygen atoms in total. The molecular weight excluding hydrogens is 416 g/mol. The van der Waals surface area contributed by atoms with Gasteiger partial charge in [0.2, 0.25) is 5.91 Å². The number of urea groups is 1. The normalized spacial score (nSPS) is 15.9. The zero-order valence-electron chi connectivity index (χ0n) is 22.2. The maximum Gasteiger partial charge on any atom is 0.324 e. The molecule has 0 radical (unpaired) electrons. The highest BCUT2D eigenvalue weighted by Gasteiger charge is 2.33. The Morgan fingerprint density at radius 1 is 0.939 bits per heavy atom. The maximum atomic E-state index is 11.9. The summed E-state index contributed by atoms with van der Waals surface area (Å²) in [7, 11) is 0. The van der Waals surface area contributed by atoms with Gasteiger partial charge in [0.1, 0.15) is 6.54 Å². The minimum Gasteiger partial charge on any atom is -0.396 e. The number of rotatable bonds is 20. The lowest BCUT2D eigenvalue weighted by atomic mass is 9.69. The third-order valence-electron chi connectivity index (χ3n) is 8.67. The second kappa shape index (κ2) is 15.7. The Morgan fingerprint density at radius 3 is 2.12 bits per heavy atom. The van der Waals surface area contributed by atoms with Crippen LogP contribution in [0.4, 0.5) is 4.79 Å². The van der Waals surface area contributed by atoms with E-state index in [1.165, 1.54) is 25.7 Å². The number of hydrogen-bond acceptors (Lipinski definition) is 4. The van der Waals surface area contributed by atoms with E-state index in [2.05, 4.69) is 39.9 Å². The van der Waals surface area contributed by atoms with Gasteiger partial charge in [0.15, 0.2) is 0 Å². The van der Waals surface area contributed by atoms with Crippen molar-refractivity contribution in [3.05, 3.63) is 0 Å². The summed E-state index contributed by atoms with van der Waals surface area (Å²) in [6, 6.07) is -0.247. The molecule has 1 aliphatic heterocycles. The molecule has 1 saturated heterocycles. The van der Waals surface area contributed by atoms with Crippen LogP contribution in [0.2, 0.25) is 0 Å². The Morgan fingerprint density at radius 2 is 1.58 bits per heavy atom. The fourth-order valence-corrected chi connectivity index (χ4v) is 5.42. The van der Waals surface area contributed by atoms with Gasteiger partial charge in [-0.05, 0) is 61.7 Å². The summed E-state index contributed by atoms with van der Waals surface area (Å²) in [6.45, 7) is 14.2. The number of aliphatic hydroxyl groups excluding tert-OH is 1. The second-order valence-corrected chi connectivity index (χ2v) is 10.4. The molecule has 0 spiro atoms. The summed E-state index contributed by atoms with van der Waals surface area (Å²) in [5.41, 5.74) is 0.635. The number of amides is 3. The number of ether oxygens (including phenoxy) is 1. The first-order valence-corrected chi connectivity index (χ1v) is 13.6. The van der Waals surface area contributed by atoms with E-state index in [0.717, 1.165) is 64.6 Å². The summed E-state index contributed by atoms with van der Waals surface area (Å²) in [6.07, 6.45) is 13.2. The number of carbonyl (C=O) groups is 2. The first-order chi connectivity index (χ1) is 15.8. The largest absolute Gasteiger partial charge is 0.396 e. The Bertz CT molecular complexity index is 558. The van der Waals surface area contributed by atoms with E-state index < -0.39 is 0 Å². The Balaban J connectivity index is 2.36. The van der Waals surface area contributed by atoms with E-state index in [0.29, 0.717) is 24.5 Å². The number of imide groups is 1. The predicted octanol–water partition coefficient (Wildman–Crippen LogP) is 5.92. The lowest BCUT2D eigenvalue weighted by Crippen LogP contribution is -2.34. The van der Waals surface area contributed by atoms with Crippen LogP contribution < -0.4 is 5.32 Å². The summed E-state index contributed by atoms with van der Waals surface area (Å²) >= 11 is 0. The molecule has 0 aliphatic carbocycles. The summed E-state index contributed by atoms with van der Waals surface area (Å²) in [4.78, 5) is 25.0. The van der Waals surface area contributed by atoms with Crippen molar-refractivity contribution >= 4 is 11.9 Å². The highest BCUT2D eigenvalue weighted by Crippen LogP contribution is 2.40. The smallest absolute Gasteiger partial charge is 0.324 e. The minimum absolute atomic E-state index is 0.192. The SMILES string of the molecule is CCC(CC)(CCCO)CCCCOCCCC(CCN1CC(=O)NC1=O)C(C)(CC)CC. The molecule has 1 aliphatic rings. The Hall–Kier alpha value is -1.14. The van der Waals surface area contributed by atoms with Gasteiger partial charge in [-0.3, -0.25) is 10.1 Å². The first kappa shape index (κ1) is 29.9. The Kier molecular flexibility index (Phi) is 14.2. The topological polar surface area (TPSA) is 78.9 Å². The van der Waals surface area contributed by atoms with Crippen molar-refractivity contribution in [2.24, 2.45) is 16.7 Å². The maximum absolute atomic E-state index is 11.9. The van der Waals surface area contributed by atoms with Crippen molar-refractivity contribution < 1.29 is 19.4 Å². The molecule has 0 aromatic heterocycles. The van der Waals surface area contributed by atoms with Crippen LogP contribution in [-0.2, 0) is 9.53 Å². The molecule has 3 amide bonds. The van der Waals surface area contributed by atoms with Gasteiger partial charge in [0.25, 0.3) is 0 Å². The second-order valence-electron chi connectivity index (χ2n) is 10.4. The van der Waals surface area contributed by atoms with Crippen molar-refractivity contribution in [2.75, 3.05) is 32.9 Å². The molecule has 0 aromatic rings. The molecule has 33 heavy (non-hydrogen) atoms. The van der Waals surface area contributed by atoms with Gasteiger partial charge in [-0.15, -0.1) is 0 Å². The van der Waals surface area contributed by atoms with Crippen LogP contribution in [0.15, 0.2) is 0 Å². The molecule has 1 atom stereocenters. The first-order valence-electron chi connectivity index (χ1n) is 13.6. The van der Waals surface area contributed by atoms with Crippen LogP contribution in [0, 0.1) is 16.7 Å². The van der Waals surface area contributed by atoms with Gasteiger partial charge in [-0.1, -0.05) is 66.7 Å². The number of unbranched alkanes of at least 4 members (excludes halogenated alkanes) is 1. The fourth-order valence-electron chi connectivity index (χ4n) is 5.42. The number of nitrogens with zero attached hydrogens (tertiary/aromatic N) is 1. The molecule has 194 valence electrons. The van der Waals surface area contributed by atoms with Crippen LogP contribution in [0.5, 0.6) is 0 Å². The summed E-state index contributed by atoms with van der Waals surface area (Å²) in [5, 5.41) is 11.6. The molecule has 1 fully saturated rings. The van der Waals surface area contributed by atoms with Gasteiger partial charge >= 0.3 is 6.03 Å². The predicted molar refractivity (Wildman–Crippen MR) is 135 cm³/mol. The Labute approximate surface area is 203 Å². The van der Waals surface area contributed by atoms with Gasteiger partial charge in [-0.2, -0.15) is 0 Å². The van der Waals surface area contributed by atoms with E-state index in [-0.39, 0.29) is 23.9 Å². The third-order valence-corrected chi connectivity index (χ3v) is 8.67. The van der Waals surface area contributed by atoms with Gasteiger partial charge < -0.3 is 14.7 Å². The van der Waals surface area contributed by atoms with E-state index in [1.54, 1.807) is 4.90 Å². The zero-order chi connectivity index (χ0) is 24.7. The van der Waals surface area contributed by atoms with Crippen LogP contribution in [0.25, 0.3) is 0 Å². The number of hydrogen-bond donors (Lipinski definition) is 2. The fraction of sp³-hybridized carbons (Fsp3) is 0.926. The molecular formula is C27H52N2O4. The zero-order valence-corrected chi connectivity index (χ0v) is 22.2. The molecule has 0 saturated carbocycles. The standard InChI is InChI=1S/C27H52N2O4/c1-6-26(5,7-2)23(15-18-29-22-24(31)28-25(29)32)14-12-21-33-20-11-10-16-27(8-3,9-4)17-13-19-30/h23,30H,6-22H2,1-5H3,(H,28,31,32). The number of nitrogens with one attached hydrogen (secondary N) is 1. The molecule has 6 heteroatoms. The van der Waals surface area contributed by atoms with Crippen LogP contribution in [-0.4, -0.2) is 54.9 Å². The number of carbonyl (C=O) groups excluding carboxylic acids is 2. The molecule has 1 unspecified atom stereocenters. The lowest BCUT2D eigenvalue weighted by Gasteiger charge is -2.37. The van der Waals surface area contributed by atoms with Gasteiger partial charge in [-0.25, -0.2) is 4.79 Å². The quantitative estimate of drug-likeness (QED) is 0.172. The van der Waals surface area contributed by atoms with Crippen molar-refractivity contribution in [3.8, 4) is 0 Å². The van der Waals surface area contributed by atoms with E-state index in [9.17, 15) is 14.7 Å². The van der Waals surface area contributed by atoms with Crippen LogP contribution in [0.1, 0.15) is 112 Å². The van der Waals surface area contributed by atoms with Gasteiger partial charge in [0.05, 0.1) is 0 Å². The summed E-state index contributed by atoms with van der Waals surface area (Å²) < 4.78 is 5.98. The van der Waals surface area contributed by atoms with Crippen LogP contribution in [0.3, 0.4) is 0 Å². The van der Waals surface area contributed by atoms with Crippen molar-refractivity contribution in [2.45, 2.75) is 112 Å². The van der Waals surface area contributed by atoms with Gasteiger partial charge in [0, 0.05) is 26.4 Å². The average Bonchev–Trinajstić information content (AvgIpc) is 3.15. The third kappa shape index (κ3) is 9.94. The minimum atomic E-state index is -0.247. The highest BCUT2D eigenvalue weighted by atomic mass is 16.5. The highest BCUT2D eigenvalue weighted by molar-refractivity contribution is 6.01. The van der Waals surface area contributed by atoms with Crippen molar-refractivity contribution in [1.82, 2.24) is 10.2 Å². The van der Waals surface area contributed by atoms with E-state index in [4.69, 9.17) is 4.74 Å². The number of aliphatic hydroxyl groups is 1. The van der Waals surface area contributed by atoms with E-state index in [1.807, 2.05) is 0 Å². The monoisotopic (exact) mass is 468 g/mol.